The summed E-state index contributed by atoms with van der Waals surface area (Å²) >= 11 is 0. The summed E-state index contributed by atoms with van der Waals surface area (Å²) in [4.78, 5) is 23.5. The molecule has 0 radical (unpaired) electrons. The molecule has 1 amide bonds. The van der Waals surface area contributed by atoms with E-state index in [1.807, 2.05) is 13.0 Å². The third-order valence-corrected chi connectivity index (χ3v) is 5.09. The van der Waals surface area contributed by atoms with E-state index in [-0.39, 0.29) is 5.91 Å². The van der Waals surface area contributed by atoms with Gasteiger partial charge in [0.15, 0.2) is 11.5 Å². The van der Waals surface area contributed by atoms with Crippen LogP contribution in [-0.2, 0) is 4.79 Å². The van der Waals surface area contributed by atoms with Gasteiger partial charge in [-0.15, -0.1) is 0 Å². The van der Waals surface area contributed by atoms with Crippen molar-refractivity contribution in [2.75, 3.05) is 57.7 Å². The normalized spacial score (nSPS) is 13.3. The summed E-state index contributed by atoms with van der Waals surface area (Å²) in [6, 6.07) is 5.56. The molecule has 0 aliphatic carbocycles. The first-order chi connectivity index (χ1) is 15.5. The lowest BCUT2D eigenvalue weighted by Crippen LogP contribution is -2.27. The number of benzene rings is 1. The molecule has 2 N–H and O–H groups in total. The van der Waals surface area contributed by atoms with E-state index >= 15 is 0 Å². The minimum Gasteiger partial charge on any atom is -0.493 e. The number of hydrogen-bond donors (Lipinski definition) is 2. The van der Waals surface area contributed by atoms with Crippen LogP contribution in [0.2, 0.25) is 0 Å². The Balaban J connectivity index is 1.51. The highest BCUT2D eigenvalue weighted by atomic mass is 16.5. The van der Waals surface area contributed by atoms with Crippen molar-refractivity contribution in [3.63, 3.8) is 0 Å². The van der Waals surface area contributed by atoms with Gasteiger partial charge in [-0.2, -0.15) is 4.98 Å². The molecule has 0 saturated carbocycles. The van der Waals surface area contributed by atoms with E-state index in [2.05, 4.69) is 25.5 Å². The smallest absolute Gasteiger partial charge is 0.244 e. The minimum absolute atomic E-state index is 0.205. The van der Waals surface area contributed by atoms with Crippen molar-refractivity contribution in [2.24, 2.45) is 0 Å². The molecule has 2 heterocycles. The SMILES string of the molecule is COc1cc(/C=C/C(=O)NCCNc2nc(C)cc(N3CCCC3)n2)cc(OC)c1OC. The summed E-state index contributed by atoms with van der Waals surface area (Å²) in [6.07, 6.45) is 5.55. The van der Waals surface area contributed by atoms with Gasteiger partial charge in [-0.3, -0.25) is 4.79 Å². The number of amides is 1. The zero-order chi connectivity index (χ0) is 22.9. The number of aromatic nitrogens is 2. The fraction of sp³-hybridized carbons (Fsp3) is 0.435. The van der Waals surface area contributed by atoms with Crippen molar-refractivity contribution in [1.29, 1.82) is 0 Å². The third kappa shape index (κ3) is 6.03. The predicted molar refractivity (Wildman–Crippen MR) is 125 cm³/mol. The lowest BCUT2D eigenvalue weighted by Gasteiger charge is -2.17. The van der Waals surface area contributed by atoms with Gasteiger partial charge >= 0.3 is 0 Å². The van der Waals surface area contributed by atoms with Gasteiger partial charge in [0.1, 0.15) is 5.82 Å². The Morgan fingerprint density at radius 2 is 1.72 bits per heavy atom. The van der Waals surface area contributed by atoms with Crippen LogP contribution in [0, 0.1) is 6.92 Å². The largest absolute Gasteiger partial charge is 0.493 e. The molecule has 0 spiro atoms. The highest BCUT2D eigenvalue weighted by molar-refractivity contribution is 5.91. The van der Waals surface area contributed by atoms with Crippen LogP contribution in [0.5, 0.6) is 17.2 Å². The van der Waals surface area contributed by atoms with Crippen LogP contribution in [0.4, 0.5) is 11.8 Å². The molecule has 9 nitrogen and oxygen atoms in total. The van der Waals surface area contributed by atoms with E-state index in [1.165, 1.54) is 18.9 Å². The van der Waals surface area contributed by atoms with Gasteiger partial charge in [0.25, 0.3) is 0 Å². The molecular formula is C23H31N5O4. The number of nitrogens with zero attached hydrogens (tertiary/aromatic N) is 3. The number of anilines is 2. The van der Waals surface area contributed by atoms with Crippen LogP contribution >= 0.6 is 0 Å². The molecule has 32 heavy (non-hydrogen) atoms. The second-order valence-electron chi connectivity index (χ2n) is 7.40. The summed E-state index contributed by atoms with van der Waals surface area (Å²) in [7, 11) is 4.65. The van der Waals surface area contributed by atoms with Crippen molar-refractivity contribution in [3.05, 3.63) is 35.5 Å². The quantitative estimate of drug-likeness (QED) is 0.429. The van der Waals surface area contributed by atoms with Crippen LogP contribution in [0.1, 0.15) is 24.1 Å². The first kappa shape index (κ1) is 23.2. The average molecular weight is 442 g/mol. The Labute approximate surface area is 188 Å². The molecule has 1 fully saturated rings. The number of methoxy groups -OCH3 is 3. The van der Waals surface area contributed by atoms with Crippen molar-refractivity contribution in [3.8, 4) is 17.2 Å². The van der Waals surface area contributed by atoms with Gasteiger partial charge in [0.2, 0.25) is 17.6 Å². The molecule has 3 rings (SSSR count). The molecule has 1 aliphatic rings. The second kappa shape index (κ2) is 11.2. The topological polar surface area (TPSA) is 97.8 Å². The molecule has 1 aliphatic heterocycles. The molecule has 9 heteroatoms. The van der Waals surface area contributed by atoms with E-state index in [9.17, 15) is 4.79 Å². The zero-order valence-electron chi connectivity index (χ0n) is 19.1. The Hall–Kier alpha value is -3.49. The molecule has 0 atom stereocenters. The van der Waals surface area contributed by atoms with Gasteiger partial charge in [0, 0.05) is 44.0 Å². The number of carbonyl (C=O) groups is 1. The molecular weight excluding hydrogens is 410 g/mol. The Morgan fingerprint density at radius 1 is 1.03 bits per heavy atom. The Bertz CT molecular complexity index is 932. The van der Waals surface area contributed by atoms with Crippen LogP contribution in [-0.4, -0.2) is 63.4 Å². The number of carbonyl (C=O) groups excluding carboxylic acids is 1. The summed E-state index contributed by atoms with van der Waals surface area (Å²) in [5.74, 6) is 2.89. The Morgan fingerprint density at radius 3 is 2.34 bits per heavy atom. The number of aryl methyl sites for hydroxylation is 1. The van der Waals surface area contributed by atoms with Crippen molar-refractivity contribution in [2.45, 2.75) is 19.8 Å². The second-order valence-corrected chi connectivity index (χ2v) is 7.40. The van der Waals surface area contributed by atoms with Gasteiger partial charge in [0.05, 0.1) is 21.3 Å². The van der Waals surface area contributed by atoms with E-state index in [0.29, 0.717) is 36.3 Å². The maximum absolute atomic E-state index is 12.2. The Kier molecular flexibility index (Phi) is 8.13. The first-order valence-corrected chi connectivity index (χ1v) is 10.6. The molecule has 1 aromatic carbocycles. The van der Waals surface area contributed by atoms with Crippen LogP contribution in [0.15, 0.2) is 24.3 Å². The van der Waals surface area contributed by atoms with Crippen molar-refractivity contribution < 1.29 is 19.0 Å². The summed E-state index contributed by atoms with van der Waals surface area (Å²) in [6.45, 7) is 4.98. The molecule has 1 aromatic heterocycles. The van der Waals surface area contributed by atoms with E-state index in [4.69, 9.17) is 14.2 Å². The average Bonchev–Trinajstić information content (AvgIpc) is 3.34. The van der Waals surface area contributed by atoms with Gasteiger partial charge < -0.3 is 29.7 Å². The van der Waals surface area contributed by atoms with E-state index in [1.54, 1.807) is 39.5 Å². The van der Waals surface area contributed by atoms with E-state index in [0.717, 1.165) is 30.2 Å². The van der Waals surface area contributed by atoms with Crippen molar-refractivity contribution >= 4 is 23.7 Å². The fourth-order valence-corrected chi connectivity index (χ4v) is 3.53. The molecule has 172 valence electrons. The van der Waals surface area contributed by atoms with Crippen molar-refractivity contribution in [1.82, 2.24) is 15.3 Å². The number of ether oxygens (including phenoxy) is 3. The molecule has 0 bridgehead atoms. The molecule has 1 saturated heterocycles. The monoisotopic (exact) mass is 441 g/mol. The molecule has 0 unspecified atom stereocenters. The highest BCUT2D eigenvalue weighted by Crippen LogP contribution is 2.38. The zero-order valence-corrected chi connectivity index (χ0v) is 19.1. The van der Waals surface area contributed by atoms with Crippen LogP contribution in [0.3, 0.4) is 0 Å². The lowest BCUT2D eigenvalue weighted by atomic mass is 10.1. The third-order valence-electron chi connectivity index (χ3n) is 5.09. The number of rotatable bonds is 10. The standard InChI is InChI=1S/C23H31N5O4/c1-16-13-20(28-11-5-6-12-28)27-23(26-16)25-10-9-24-21(29)8-7-17-14-18(30-2)22(32-4)19(15-17)31-3/h7-8,13-15H,5-6,9-12H2,1-4H3,(H,24,29)(H,25,26,27)/b8-7+. The van der Waals surface area contributed by atoms with Gasteiger partial charge in [-0.1, -0.05) is 0 Å². The molecule has 2 aromatic rings. The van der Waals surface area contributed by atoms with Gasteiger partial charge in [-0.05, 0) is 43.5 Å². The van der Waals surface area contributed by atoms with Crippen LogP contribution in [0.25, 0.3) is 6.08 Å². The summed E-state index contributed by atoms with van der Waals surface area (Å²) < 4.78 is 16.0. The highest BCUT2D eigenvalue weighted by Gasteiger charge is 2.15. The van der Waals surface area contributed by atoms with E-state index < -0.39 is 0 Å². The maximum atomic E-state index is 12.2. The van der Waals surface area contributed by atoms with Crippen LogP contribution < -0.4 is 29.7 Å². The number of nitrogens with one attached hydrogen (secondary N) is 2. The fourth-order valence-electron chi connectivity index (χ4n) is 3.53. The lowest BCUT2D eigenvalue weighted by molar-refractivity contribution is -0.116. The van der Waals surface area contributed by atoms with Gasteiger partial charge in [-0.25, -0.2) is 4.98 Å². The first-order valence-electron chi connectivity index (χ1n) is 10.6. The summed E-state index contributed by atoms with van der Waals surface area (Å²) in [5.41, 5.74) is 1.68. The maximum Gasteiger partial charge on any atom is 0.244 e. The minimum atomic E-state index is -0.205. The predicted octanol–water partition coefficient (Wildman–Crippen LogP) is 2.65. The summed E-state index contributed by atoms with van der Waals surface area (Å²) in [5, 5.41) is 6.03. The number of hydrogen-bond acceptors (Lipinski definition) is 8.